The minimum Gasteiger partial charge on any atom is -0.510 e. The van der Waals surface area contributed by atoms with E-state index in [2.05, 4.69) is 210 Å². The molecule has 0 N–H and O–H groups in total. The van der Waals surface area contributed by atoms with E-state index in [4.69, 9.17) is 20.7 Å². The monoisotopic (exact) mass is 1300 g/mol. The predicted octanol–water partition coefficient (Wildman–Crippen LogP) is 15.8. The van der Waals surface area contributed by atoms with E-state index < -0.39 is 53.2 Å². The number of fused-ring (bicyclic) bond motifs is 4. The second-order valence-corrected chi connectivity index (χ2v) is 31.9. The predicted molar refractivity (Wildman–Crippen MR) is 346 cm³/mol. The zero-order valence-electron chi connectivity index (χ0n) is 55.2. The molecule has 3 heterocycles. The molecule has 5 nitrogen and oxygen atoms in total. The van der Waals surface area contributed by atoms with Crippen LogP contribution >= 0.6 is 0 Å². The zero-order chi connectivity index (χ0) is 63.2. The topological polar surface area (TPSA) is 35.9 Å². The number of rotatable bonds is 12. The van der Waals surface area contributed by atoms with Gasteiger partial charge in [0, 0.05) is 54.0 Å². The Bertz CT molecular complexity index is 4840. The molecule has 0 saturated heterocycles. The summed E-state index contributed by atoms with van der Waals surface area (Å²) in [6, 6.07) is 76.4. The van der Waals surface area contributed by atoms with E-state index in [1.165, 1.54) is 38.6 Å². The summed E-state index contributed by atoms with van der Waals surface area (Å²) in [5, 5.41) is 7.07. The third-order valence-electron chi connectivity index (χ3n) is 16.2. The van der Waals surface area contributed by atoms with Crippen LogP contribution in [0.15, 0.2) is 243 Å². The van der Waals surface area contributed by atoms with Crippen molar-refractivity contribution in [1.29, 1.82) is 0 Å². The number of pyridine rings is 1. The molecule has 0 amide bonds. The Hall–Kier alpha value is -8.46. The fourth-order valence-corrected chi connectivity index (χ4v) is 16.2. The van der Waals surface area contributed by atoms with Gasteiger partial charge >= 0.3 is 0 Å². The molecule has 13 aromatic rings. The number of ether oxygens (including phenoxy) is 1. The zero-order valence-corrected chi connectivity index (χ0v) is 51.5. The van der Waals surface area contributed by atoms with Crippen molar-refractivity contribution in [2.75, 3.05) is 0 Å². The average molecular weight is 1300 g/mol. The summed E-state index contributed by atoms with van der Waals surface area (Å²) in [4.78, 5) is 4.76. The first kappa shape index (κ1) is 46.1. The van der Waals surface area contributed by atoms with E-state index in [1.54, 1.807) is 4.57 Å². The van der Waals surface area contributed by atoms with Crippen molar-refractivity contribution in [2.45, 2.75) is 59.2 Å². The standard InChI is InChI=1S/C75H64N4OSi2.Pt/c1-52-43-73(76-50-68(52)53-25-12-9-13-26-53)79-69-38-19-18-37-64(69)65-42-41-59(49-72(65)79)80-58-30-24-29-57(48-58)77-51-78(71-40-21-20-39-70(71)77)74-66(54-27-22-35-62(44-54)81(5,6)60-31-14-10-15-32-60)46-56(75(2,3)4)47-67(74)55-28-23-36-63(45-55)82(7,8)61-33-16-11-17-34-61;/h9-47,50H,1-8H3;/q-2;/i1D3,9D,12D,13D,25D,26D;. The van der Waals surface area contributed by atoms with Crippen LogP contribution < -0.4 is 30.1 Å². The number of para-hydroxylation sites is 3. The largest absolute Gasteiger partial charge is 0.510 e. The Morgan fingerprint density at radius 1 is 0.542 bits per heavy atom. The van der Waals surface area contributed by atoms with Gasteiger partial charge in [-0.2, -0.15) is 18.2 Å². The van der Waals surface area contributed by atoms with Crippen LogP contribution in [-0.2, 0) is 26.5 Å². The van der Waals surface area contributed by atoms with Gasteiger partial charge in [0.05, 0.1) is 23.6 Å². The maximum absolute atomic E-state index is 8.70. The minimum atomic E-state index is -2.77. The van der Waals surface area contributed by atoms with Gasteiger partial charge in [-0.15, -0.1) is 29.7 Å². The molecular weight excluding hydrogens is 1220 g/mol. The fraction of sp³-hybridized carbons (Fsp3) is 0.120. The van der Waals surface area contributed by atoms with Crippen LogP contribution in [0.1, 0.15) is 42.9 Å². The van der Waals surface area contributed by atoms with Crippen LogP contribution in [-0.4, -0.2) is 30.3 Å². The number of imidazole rings is 1. The van der Waals surface area contributed by atoms with Crippen LogP contribution in [0.4, 0.5) is 0 Å². The van der Waals surface area contributed by atoms with Crippen molar-refractivity contribution in [2.24, 2.45) is 0 Å². The Morgan fingerprint density at radius 2 is 1.12 bits per heavy atom. The number of aromatic nitrogens is 4. The van der Waals surface area contributed by atoms with Crippen molar-refractivity contribution in [3.8, 4) is 62.1 Å². The third-order valence-corrected chi connectivity index (χ3v) is 23.3. The van der Waals surface area contributed by atoms with Gasteiger partial charge in [0.25, 0.3) is 6.33 Å². The molecule has 0 aliphatic rings. The van der Waals surface area contributed by atoms with Gasteiger partial charge in [0.2, 0.25) is 0 Å². The molecule has 0 aliphatic heterocycles. The average Bonchev–Trinajstić information content (AvgIpc) is 1.70. The van der Waals surface area contributed by atoms with Gasteiger partial charge in [0.15, 0.2) is 0 Å². The summed E-state index contributed by atoms with van der Waals surface area (Å²) in [7, 11) is -4.34. The SMILES string of the molecule is [2H]c1c([2H])c([2H])c(-c2cnc(-n3c4[c-]c(Oc5[c-]c(-n6[c-][n+](-c7c(-c8cccc([Si](C)(C)c9ccccc9)c8)cc(C(C)(C)C)cc7-c7cccc([Si](C)(C)c8ccccc8)c7)c7ccccc76)ccc5)ccc4c4ccccc43)cc2C([2H])([2H])[2H])c([2H])c1[2H].[Pt]. The molecule has 0 saturated carbocycles. The number of hydrogen-bond donors (Lipinski definition) is 0. The van der Waals surface area contributed by atoms with Crippen LogP contribution in [0, 0.1) is 25.3 Å². The molecule has 0 aliphatic carbocycles. The molecule has 8 heteroatoms. The Kier molecular flexibility index (Phi) is 12.2. The maximum atomic E-state index is 8.70. The maximum Gasteiger partial charge on any atom is 0.268 e. The smallest absolute Gasteiger partial charge is 0.268 e. The summed E-state index contributed by atoms with van der Waals surface area (Å²) >= 11 is 0. The molecule has 10 aromatic carbocycles. The van der Waals surface area contributed by atoms with Gasteiger partial charge in [-0.25, -0.2) is 4.98 Å². The molecule has 83 heavy (non-hydrogen) atoms. The molecule has 0 spiro atoms. The summed E-state index contributed by atoms with van der Waals surface area (Å²) in [6.07, 6.45) is 5.18. The second kappa shape index (κ2) is 22.0. The number of nitrogens with zero attached hydrogens (tertiary/aromatic N) is 4. The normalized spacial score (nSPS) is 13.5. The van der Waals surface area contributed by atoms with Crippen LogP contribution in [0.25, 0.3) is 83.4 Å². The van der Waals surface area contributed by atoms with Crippen LogP contribution in [0.3, 0.4) is 0 Å². The van der Waals surface area contributed by atoms with E-state index in [0.717, 1.165) is 49.7 Å². The molecule has 0 radical (unpaired) electrons. The van der Waals surface area contributed by atoms with E-state index in [0.29, 0.717) is 28.2 Å². The number of hydrogen-bond acceptors (Lipinski definition) is 2. The second-order valence-electron chi connectivity index (χ2n) is 23.1. The summed E-state index contributed by atoms with van der Waals surface area (Å²) < 4.78 is 81.1. The van der Waals surface area contributed by atoms with Gasteiger partial charge in [-0.05, 0) is 74.4 Å². The van der Waals surface area contributed by atoms with Crippen molar-refractivity contribution in [1.82, 2.24) is 14.1 Å². The fourth-order valence-electron chi connectivity index (χ4n) is 11.4. The van der Waals surface area contributed by atoms with E-state index in [1.807, 2.05) is 65.2 Å². The molecular formula is C75H64N4OPtSi2-2. The number of aryl methyl sites for hydroxylation is 1. The van der Waals surface area contributed by atoms with Crippen molar-refractivity contribution >= 4 is 69.7 Å². The molecule has 3 aromatic heterocycles. The first-order chi connectivity index (χ1) is 43.0. The first-order valence-electron chi connectivity index (χ1n) is 31.7. The summed E-state index contributed by atoms with van der Waals surface area (Å²) in [5.74, 6) is 0.997. The quantitative estimate of drug-likeness (QED) is 0.0694. The van der Waals surface area contributed by atoms with Gasteiger partial charge in [-0.3, -0.25) is 4.57 Å². The molecule has 0 fully saturated rings. The van der Waals surface area contributed by atoms with Crippen LogP contribution in [0.5, 0.6) is 11.5 Å². The van der Waals surface area contributed by atoms with Gasteiger partial charge in [-0.1, -0.05) is 267 Å². The summed E-state index contributed by atoms with van der Waals surface area (Å²) in [6.45, 7) is 13.8. The molecule has 13 rings (SSSR count). The van der Waals surface area contributed by atoms with Crippen molar-refractivity contribution in [3.05, 3.63) is 272 Å². The van der Waals surface area contributed by atoms with Crippen molar-refractivity contribution in [3.63, 3.8) is 0 Å². The van der Waals surface area contributed by atoms with Gasteiger partial charge in [0.1, 0.15) is 22.0 Å². The van der Waals surface area contributed by atoms with E-state index in [-0.39, 0.29) is 49.0 Å². The van der Waals surface area contributed by atoms with Crippen LogP contribution in [0.2, 0.25) is 26.2 Å². The third kappa shape index (κ3) is 10.3. The minimum absolute atomic E-state index is 0. The first-order valence-corrected chi connectivity index (χ1v) is 33.7. The van der Waals surface area contributed by atoms with E-state index in [9.17, 15) is 0 Å². The van der Waals surface area contributed by atoms with Crippen molar-refractivity contribution < 1.29 is 41.3 Å². The number of benzene rings is 10. The molecule has 0 atom stereocenters. The Morgan fingerprint density at radius 3 is 1.76 bits per heavy atom. The Balaban J connectivity index is 0.00000800. The molecule has 410 valence electrons. The van der Waals surface area contributed by atoms with Gasteiger partial charge < -0.3 is 13.9 Å². The summed E-state index contributed by atoms with van der Waals surface area (Å²) in [5.41, 5.74) is 9.66. The molecule has 0 unspecified atom stereocenters. The molecule has 0 bridgehead atoms. The Labute approximate surface area is 515 Å². The van der Waals surface area contributed by atoms with E-state index >= 15 is 0 Å².